The first kappa shape index (κ1) is 25.9. The maximum absolute atomic E-state index is 6.23. The molecule has 2 saturated heterocycles. The number of aromatic nitrogens is 2. The van der Waals surface area contributed by atoms with Crippen molar-refractivity contribution in [3.63, 3.8) is 0 Å². The largest absolute Gasteiger partial charge is 0.490 e. The molecule has 2 aliphatic heterocycles. The van der Waals surface area contributed by atoms with Crippen LogP contribution in [0.15, 0.2) is 71.8 Å². The summed E-state index contributed by atoms with van der Waals surface area (Å²) in [4.78, 5) is 14.3. The van der Waals surface area contributed by atoms with Gasteiger partial charge in [-0.2, -0.15) is 15.1 Å². The van der Waals surface area contributed by atoms with E-state index in [1.54, 1.807) is 6.21 Å². The molecule has 0 saturated carbocycles. The lowest BCUT2D eigenvalue weighted by Gasteiger charge is -2.21. The number of anilines is 3. The van der Waals surface area contributed by atoms with Gasteiger partial charge in [-0.25, -0.2) is 0 Å². The van der Waals surface area contributed by atoms with E-state index < -0.39 is 0 Å². The molecule has 0 unspecified atom stereocenters. The maximum Gasteiger partial charge on any atom is 0.229 e. The molecule has 8 heteroatoms. The smallest absolute Gasteiger partial charge is 0.229 e. The minimum Gasteiger partial charge on any atom is -0.490 e. The number of ether oxygens (including phenoxy) is 2. The molecule has 1 aromatic heterocycles. The van der Waals surface area contributed by atoms with Crippen LogP contribution in [-0.2, 0) is 6.61 Å². The maximum atomic E-state index is 6.23. The van der Waals surface area contributed by atoms with Crippen molar-refractivity contribution in [3.8, 4) is 11.5 Å². The molecule has 40 heavy (non-hydrogen) atoms. The minimum absolute atomic E-state index is 0.461. The molecule has 0 amide bonds. The molecule has 2 aliphatic rings. The SMILES string of the molecule is CCOc1cc(/C=N\Nc2cc(N3CCCC3)nc(N3CCCC3)n2)ccc1OCc1cccc2ccccc12. The number of hydrogen-bond acceptors (Lipinski definition) is 8. The lowest BCUT2D eigenvalue weighted by Crippen LogP contribution is -2.24. The van der Waals surface area contributed by atoms with E-state index in [4.69, 9.17) is 19.4 Å². The Labute approximate surface area is 235 Å². The fourth-order valence-electron chi connectivity index (χ4n) is 5.39. The predicted octanol–water partition coefficient (Wildman–Crippen LogP) is 6.25. The average Bonchev–Trinajstić information content (AvgIpc) is 3.72. The normalized spacial score (nSPS) is 15.3. The number of hydrogen-bond donors (Lipinski definition) is 1. The second kappa shape index (κ2) is 12.2. The standard InChI is InChI=1S/C32H36N6O2/c1-2-39-29-20-24(14-15-28(29)40-23-26-12-9-11-25-10-3-4-13-27(25)26)22-33-36-30-21-31(37-16-5-6-17-37)35-32(34-30)38-18-7-8-19-38/h3-4,9-15,20-22H,2,5-8,16-19,23H2,1H3,(H,34,35,36)/b33-22-. The van der Waals surface area contributed by atoms with Gasteiger partial charge in [0.25, 0.3) is 0 Å². The highest BCUT2D eigenvalue weighted by Gasteiger charge is 2.20. The van der Waals surface area contributed by atoms with Crippen LogP contribution >= 0.6 is 0 Å². The molecular formula is C32H36N6O2. The fourth-order valence-corrected chi connectivity index (χ4v) is 5.39. The number of fused-ring (bicyclic) bond motifs is 1. The Morgan fingerprint density at radius 3 is 2.42 bits per heavy atom. The Bertz CT molecular complexity index is 1440. The third-order valence-electron chi connectivity index (χ3n) is 7.44. The van der Waals surface area contributed by atoms with Gasteiger partial charge in [0.15, 0.2) is 17.3 Å². The average molecular weight is 537 g/mol. The molecule has 3 aromatic carbocycles. The Morgan fingerprint density at radius 1 is 0.825 bits per heavy atom. The van der Waals surface area contributed by atoms with Crippen LogP contribution in [0.3, 0.4) is 0 Å². The van der Waals surface area contributed by atoms with Gasteiger partial charge < -0.3 is 19.3 Å². The Kier molecular flexibility index (Phi) is 7.93. The van der Waals surface area contributed by atoms with E-state index in [0.29, 0.717) is 30.5 Å². The van der Waals surface area contributed by atoms with Gasteiger partial charge >= 0.3 is 0 Å². The third kappa shape index (κ3) is 5.96. The second-order valence-corrected chi connectivity index (χ2v) is 10.2. The second-order valence-electron chi connectivity index (χ2n) is 10.2. The molecule has 4 aromatic rings. The third-order valence-corrected chi connectivity index (χ3v) is 7.44. The van der Waals surface area contributed by atoms with Crippen LogP contribution in [0.25, 0.3) is 10.8 Å². The van der Waals surface area contributed by atoms with Crippen molar-refractivity contribution in [2.45, 2.75) is 39.2 Å². The van der Waals surface area contributed by atoms with E-state index in [9.17, 15) is 0 Å². The summed E-state index contributed by atoms with van der Waals surface area (Å²) in [6.07, 6.45) is 6.55. The first-order chi connectivity index (χ1) is 19.8. The van der Waals surface area contributed by atoms with Crippen LogP contribution in [-0.4, -0.2) is 49.0 Å². The summed E-state index contributed by atoms with van der Waals surface area (Å²) < 4.78 is 12.1. The van der Waals surface area contributed by atoms with Crippen LogP contribution in [0, 0.1) is 0 Å². The monoisotopic (exact) mass is 536 g/mol. The number of hydrazone groups is 1. The van der Waals surface area contributed by atoms with Crippen LogP contribution in [0.4, 0.5) is 17.6 Å². The van der Waals surface area contributed by atoms with Crippen LogP contribution in [0.1, 0.15) is 43.7 Å². The predicted molar refractivity (Wildman–Crippen MR) is 162 cm³/mol. The summed E-state index contributed by atoms with van der Waals surface area (Å²) in [7, 11) is 0. The lowest BCUT2D eigenvalue weighted by molar-refractivity contribution is 0.270. The van der Waals surface area contributed by atoms with Gasteiger partial charge in [0.1, 0.15) is 12.4 Å². The highest BCUT2D eigenvalue weighted by Crippen LogP contribution is 2.30. The van der Waals surface area contributed by atoms with Crippen molar-refractivity contribution in [1.29, 1.82) is 0 Å². The summed E-state index contributed by atoms with van der Waals surface area (Å²) >= 11 is 0. The summed E-state index contributed by atoms with van der Waals surface area (Å²) in [5.74, 6) is 3.86. The number of rotatable bonds is 10. The quantitative estimate of drug-likeness (QED) is 0.190. The summed E-state index contributed by atoms with van der Waals surface area (Å²) in [6, 6.07) is 22.5. The topological polar surface area (TPSA) is 75.1 Å². The van der Waals surface area contributed by atoms with E-state index in [1.807, 2.05) is 31.2 Å². The van der Waals surface area contributed by atoms with Gasteiger partial charge in [-0.15, -0.1) is 0 Å². The fraction of sp³-hybridized carbons (Fsp3) is 0.344. The summed E-state index contributed by atoms with van der Waals surface area (Å²) in [5, 5.41) is 6.91. The van der Waals surface area contributed by atoms with E-state index >= 15 is 0 Å². The summed E-state index contributed by atoms with van der Waals surface area (Å²) in [6.45, 7) is 7.05. The van der Waals surface area contributed by atoms with E-state index in [2.05, 4.69) is 62.8 Å². The van der Waals surface area contributed by atoms with Crippen molar-refractivity contribution >= 4 is 34.6 Å². The minimum atomic E-state index is 0.461. The zero-order valence-electron chi connectivity index (χ0n) is 23.1. The van der Waals surface area contributed by atoms with Gasteiger partial charge in [0.2, 0.25) is 5.95 Å². The number of nitrogens with zero attached hydrogens (tertiary/aromatic N) is 5. The molecule has 1 N–H and O–H groups in total. The zero-order valence-corrected chi connectivity index (χ0v) is 23.1. The van der Waals surface area contributed by atoms with Crippen molar-refractivity contribution in [2.75, 3.05) is 48.0 Å². The molecular weight excluding hydrogens is 500 g/mol. The van der Waals surface area contributed by atoms with Crippen molar-refractivity contribution in [1.82, 2.24) is 9.97 Å². The molecule has 0 aliphatic carbocycles. The Hall–Kier alpha value is -4.33. The molecule has 206 valence electrons. The van der Waals surface area contributed by atoms with Crippen molar-refractivity contribution in [2.24, 2.45) is 5.10 Å². The van der Waals surface area contributed by atoms with Crippen molar-refractivity contribution < 1.29 is 9.47 Å². The van der Waals surface area contributed by atoms with Gasteiger partial charge in [0, 0.05) is 32.2 Å². The van der Waals surface area contributed by atoms with Gasteiger partial charge in [-0.1, -0.05) is 42.5 Å². The van der Waals surface area contributed by atoms with Gasteiger partial charge in [0.05, 0.1) is 12.8 Å². The zero-order chi connectivity index (χ0) is 27.1. The van der Waals surface area contributed by atoms with Crippen LogP contribution in [0.2, 0.25) is 0 Å². The highest BCUT2D eigenvalue weighted by atomic mass is 16.5. The molecule has 6 rings (SSSR count). The molecule has 2 fully saturated rings. The molecule has 3 heterocycles. The Balaban J connectivity index is 1.17. The Morgan fingerprint density at radius 2 is 1.60 bits per heavy atom. The van der Waals surface area contributed by atoms with E-state index in [1.165, 1.54) is 36.5 Å². The number of benzene rings is 3. The highest BCUT2D eigenvalue weighted by molar-refractivity contribution is 5.85. The van der Waals surface area contributed by atoms with Crippen LogP contribution in [0.5, 0.6) is 11.5 Å². The lowest BCUT2D eigenvalue weighted by atomic mass is 10.1. The number of nitrogens with one attached hydrogen (secondary N) is 1. The molecule has 0 bridgehead atoms. The van der Waals surface area contributed by atoms with E-state index in [0.717, 1.165) is 49.1 Å². The first-order valence-corrected chi connectivity index (χ1v) is 14.3. The van der Waals surface area contributed by atoms with Gasteiger partial charge in [-0.3, -0.25) is 5.43 Å². The molecule has 0 spiro atoms. The summed E-state index contributed by atoms with van der Waals surface area (Å²) in [5.41, 5.74) is 5.19. The first-order valence-electron chi connectivity index (χ1n) is 14.3. The molecule has 8 nitrogen and oxygen atoms in total. The van der Waals surface area contributed by atoms with Crippen molar-refractivity contribution in [3.05, 3.63) is 77.9 Å². The van der Waals surface area contributed by atoms with Gasteiger partial charge in [-0.05, 0) is 72.7 Å². The van der Waals surface area contributed by atoms with Crippen LogP contribution < -0.4 is 24.7 Å². The van der Waals surface area contributed by atoms with E-state index in [-0.39, 0.29) is 0 Å². The molecule has 0 radical (unpaired) electrons. The molecule has 0 atom stereocenters.